The van der Waals surface area contributed by atoms with Crippen LogP contribution in [0.1, 0.15) is 50.5 Å². The van der Waals surface area contributed by atoms with Gasteiger partial charge in [0.1, 0.15) is 5.82 Å². The number of hydrogen-bond donors (Lipinski definition) is 2. The number of benzene rings is 1. The third kappa shape index (κ3) is 3.42. The lowest BCUT2D eigenvalue weighted by Gasteiger charge is -2.41. The summed E-state index contributed by atoms with van der Waals surface area (Å²) in [7, 11) is 0. The molecule has 0 bridgehead atoms. The summed E-state index contributed by atoms with van der Waals surface area (Å²) in [6, 6.07) is 6.47. The van der Waals surface area contributed by atoms with E-state index in [9.17, 15) is 14.3 Å². The quantitative estimate of drug-likeness (QED) is 0.876. The fourth-order valence-electron chi connectivity index (χ4n) is 4.12. The predicted octanol–water partition coefficient (Wildman–Crippen LogP) is 3.16. The predicted molar refractivity (Wildman–Crippen MR) is 87.5 cm³/mol. The number of aliphatic hydroxyl groups is 1. The highest BCUT2D eigenvalue weighted by atomic mass is 19.1. The maximum Gasteiger partial charge on any atom is 0.230 e. The number of aliphatic hydroxyl groups excluding tert-OH is 1. The average molecular weight is 319 g/mol. The summed E-state index contributed by atoms with van der Waals surface area (Å²) >= 11 is 0. The molecule has 2 atom stereocenters. The van der Waals surface area contributed by atoms with Crippen molar-refractivity contribution in [1.82, 2.24) is 5.32 Å². The van der Waals surface area contributed by atoms with Gasteiger partial charge in [0.25, 0.3) is 0 Å². The van der Waals surface area contributed by atoms with Crippen molar-refractivity contribution in [3.05, 3.63) is 35.6 Å². The molecule has 2 saturated carbocycles. The first-order chi connectivity index (χ1) is 11.1. The Balaban J connectivity index is 1.62. The van der Waals surface area contributed by atoms with Gasteiger partial charge in [-0.15, -0.1) is 0 Å². The molecular weight excluding hydrogens is 293 g/mol. The topological polar surface area (TPSA) is 49.3 Å². The normalized spacial score (nSPS) is 26.3. The first-order valence-electron chi connectivity index (χ1n) is 8.79. The van der Waals surface area contributed by atoms with Gasteiger partial charge in [0, 0.05) is 13.2 Å². The molecule has 23 heavy (non-hydrogen) atoms. The number of halogens is 1. The minimum atomic E-state index is -0.535. The summed E-state index contributed by atoms with van der Waals surface area (Å²) in [5, 5.41) is 12.4. The fraction of sp³-hybridized carbons (Fsp3) is 0.632. The third-order valence-corrected chi connectivity index (χ3v) is 5.72. The second-order valence-electron chi connectivity index (χ2n) is 7.24. The molecule has 0 saturated heterocycles. The number of nitrogens with one attached hydrogen (secondary N) is 1. The minimum absolute atomic E-state index is 0.0421. The van der Waals surface area contributed by atoms with Crippen molar-refractivity contribution in [2.75, 3.05) is 13.2 Å². The van der Waals surface area contributed by atoms with E-state index < -0.39 is 5.41 Å². The van der Waals surface area contributed by atoms with Crippen LogP contribution in [0.3, 0.4) is 0 Å². The zero-order valence-corrected chi connectivity index (χ0v) is 13.6. The van der Waals surface area contributed by atoms with Crippen molar-refractivity contribution >= 4 is 5.91 Å². The van der Waals surface area contributed by atoms with Gasteiger partial charge >= 0.3 is 0 Å². The minimum Gasteiger partial charge on any atom is -0.396 e. The zero-order chi connectivity index (χ0) is 16.3. The molecule has 3 rings (SSSR count). The molecule has 0 aliphatic heterocycles. The highest BCUT2D eigenvalue weighted by molar-refractivity contribution is 5.89. The molecule has 2 fully saturated rings. The van der Waals surface area contributed by atoms with Crippen molar-refractivity contribution < 1.29 is 14.3 Å². The molecule has 1 aromatic rings. The lowest BCUT2D eigenvalue weighted by Crippen LogP contribution is -2.50. The Morgan fingerprint density at radius 2 is 2.04 bits per heavy atom. The molecule has 4 heteroatoms. The second kappa shape index (κ2) is 7.00. The molecule has 1 amide bonds. The molecule has 2 N–H and O–H groups in total. The van der Waals surface area contributed by atoms with Crippen LogP contribution in [0.4, 0.5) is 4.39 Å². The third-order valence-electron chi connectivity index (χ3n) is 5.72. The van der Waals surface area contributed by atoms with Crippen molar-refractivity contribution in [1.29, 1.82) is 0 Å². The Morgan fingerprint density at radius 3 is 2.70 bits per heavy atom. The summed E-state index contributed by atoms with van der Waals surface area (Å²) in [6.45, 7) is 0.921. The maximum atomic E-state index is 13.5. The van der Waals surface area contributed by atoms with Gasteiger partial charge in [0.05, 0.1) is 5.41 Å². The van der Waals surface area contributed by atoms with Gasteiger partial charge in [0.2, 0.25) is 5.91 Å². The highest BCUT2D eigenvalue weighted by Crippen LogP contribution is 2.44. The summed E-state index contributed by atoms with van der Waals surface area (Å²) in [5.74, 6) is 0.598. The number of rotatable bonds is 5. The number of hydrogen-bond acceptors (Lipinski definition) is 2. The van der Waals surface area contributed by atoms with E-state index in [0.717, 1.165) is 50.5 Å². The van der Waals surface area contributed by atoms with E-state index in [1.807, 2.05) is 6.07 Å². The molecule has 2 aliphatic rings. The van der Waals surface area contributed by atoms with E-state index in [2.05, 4.69) is 5.32 Å². The fourth-order valence-corrected chi connectivity index (χ4v) is 4.12. The number of carbonyl (C=O) groups is 1. The largest absolute Gasteiger partial charge is 0.396 e. The van der Waals surface area contributed by atoms with Crippen LogP contribution in [-0.4, -0.2) is 24.2 Å². The molecule has 0 heterocycles. The van der Waals surface area contributed by atoms with Crippen LogP contribution in [0.5, 0.6) is 0 Å². The second-order valence-corrected chi connectivity index (χ2v) is 7.24. The van der Waals surface area contributed by atoms with Crippen LogP contribution in [-0.2, 0) is 10.2 Å². The molecule has 0 aromatic heterocycles. The molecule has 126 valence electrons. The van der Waals surface area contributed by atoms with E-state index in [0.29, 0.717) is 18.4 Å². The summed E-state index contributed by atoms with van der Waals surface area (Å²) in [4.78, 5) is 12.8. The Labute approximate surface area is 137 Å². The van der Waals surface area contributed by atoms with Crippen molar-refractivity contribution in [2.45, 2.75) is 50.4 Å². The summed E-state index contributed by atoms with van der Waals surface area (Å²) in [6.07, 6.45) is 6.93. The first-order valence-corrected chi connectivity index (χ1v) is 8.79. The van der Waals surface area contributed by atoms with Crippen molar-refractivity contribution in [3.63, 3.8) is 0 Å². The Morgan fingerprint density at radius 1 is 1.26 bits per heavy atom. The van der Waals surface area contributed by atoms with Crippen LogP contribution < -0.4 is 5.32 Å². The maximum absolute atomic E-state index is 13.5. The first kappa shape index (κ1) is 16.4. The van der Waals surface area contributed by atoms with Crippen molar-refractivity contribution in [2.24, 2.45) is 11.8 Å². The standard InChI is InChI=1S/C19H26FNO2/c20-17-7-2-6-16(11-17)19(8-3-9-19)18(23)21-12-14-4-1-5-15(10-14)13-22/h2,6-7,11,14-15,22H,1,3-5,8-10,12-13H2,(H,21,23)/t14-,15+/m0/s1. The Bertz CT molecular complexity index is 556. The number of carbonyl (C=O) groups excluding carboxylic acids is 1. The van der Waals surface area contributed by atoms with Gasteiger partial charge in [-0.3, -0.25) is 4.79 Å². The molecule has 2 aliphatic carbocycles. The SMILES string of the molecule is O=C(NC[C@H]1CCC[C@@H](CO)C1)C1(c2cccc(F)c2)CCC1. The summed E-state index contributed by atoms with van der Waals surface area (Å²) in [5.41, 5.74) is 0.269. The lowest BCUT2D eigenvalue weighted by molar-refractivity contribution is -0.130. The van der Waals surface area contributed by atoms with Crippen LogP contribution in [0.2, 0.25) is 0 Å². The number of amides is 1. The van der Waals surface area contributed by atoms with Gasteiger partial charge in [0.15, 0.2) is 0 Å². The monoisotopic (exact) mass is 319 g/mol. The van der Waals surface area contributed by atoms with Crippen LogP contribution >= 0.6 is 0 Å². The lowest BCUT2D eigenvalue weighted by atomic mass is 9.63. The molecular formula is C19H26FNO2. The van der Waals surface area contributed by atoms with E-state index in [1.165, 1.54) is 12.1 Å². The van der Waals surface area contributed by atoms with Crippen LogP contribution in [0.15, 0.2) is 24.3 Å². The smallest absolute Gasteiger partial charge is 0.230 e. The van der Waals surface area contributed by atoms with E-state index in [-0.39, 0.29) is 18.3 Å². The van der Waals surface area contributed by atoms with Crippen molar-refractivity contribution in [3.8, 4) is 0 Å². The molecule has 0 radical (unpaired) electrons. The molecule has 0 unspecified atom stereocenters. The van der Waals surface area contributed by atoms with E-state index in [4.69, 9.17) is 0 Å². The molecule has 1 aromatic carbocycles. The van der Waals surface area contributed by atoms with Gasteiger partial charge in [-0.25, -0.2) is 4.39 Å². The van der Waals surface area contributed by atoms with Gasteiger partial charge in [-0.05, 0) is 61.6 Å². The van der Waals surface area contributed by atoms with Crippen LogP contribution in [0, 0.1) is 17.7 Å². The van der Waals surface area contributed by atoms with E-state index >= 15 is 0 Å². The zero-order valence-electron chi connectivity index (χ0n) is 13.6. The molecule has 0 spiro atoms. The van der Waals surface area contributed by atoms with Gasteiger partial charge in [-0.1, -0.05) is 25.0 Å². The van der Waals surface area contributed by atoms with Gasteiger partial charge < -0.3 is 10.4 Å². The van der Waals surface area contributed by atoms with Crippen LogP contribution in [0.25, 0.3) is 0 Å². The highest BCUT2D eigenvalue weighted by Gasteiger charge is 2.45. The van der Waals surface area contributed by atoms with E-state index in [1.54, 1.807) is 6.07 Å². The Kier molecular flexibility index (Phi) is 5.00. The molecule has 3 nitrogen and oxygen atoms in total. The Hall–Kier alpha value is -1.42. The summed E-state index contributed by atoms with van der Waals surface area (Å²) < 4.78 is 13.5. The average Bonchev–Trinajstić information content (AvgIpc) is 2.52. The van der Waals surface area contributed by atoms with Gasteiger partial charge in [-0.2, -0.15) is 0 Å².